The zero-order valence-corrected chi connectivity index (χ0v) is 12.8. The number of amides is 2. The van der Waals surface area contributed by atoms with E-state index in [1.165, 1.54) is 0 Å². The number of ether oxygens (including phenoxy) is 2. The summed E-state index contributed by atoms with van der Waals surface area (Å²) in [5, 5.41) is 10.1. The fraction of sp³-hybridized carbons (Fsp3) is 0.533. The van der Waals surface area contributed by atoms with Crippen molar-refractivity contribution in [2.75, 3.05) is 46.4 Å². The maximum absolute atomic E-state index is 11.1. The molecule has 0 spiro atoms. The van der Waals surface area contributed by atoms with Crippen LogP contribution in [0.15, 0.2) is 24.3 Å². The summed E-state index contributed by atoms with van der Waals surface area (Å²) in [5.41, 5.74) is 5.24. The highest BCUT2D eigenvalue weighted by atomic mass is 16.5. The first kappa shape index (κ1) is 16.4. The van der Waals surface area contributed by atoms with Crippen LogP contribution in [0, 0.1) is 0 Å². The number of benzene rings is 1. The lowest BCUT2D eigenvalue weighted by Crippen LogP contribution is -2.52. The third kappa shape index (κ3) is 4.51. The van der Waals surface area contributed by atoms with Crippen LogP contribution >= 0.6 is 0 Å². The van der Waals surface area contributed by atoms with Crippen molar-refractivity contribution in [3.05, 3.63) is 24.3 Å². The van der Waals surface area contributed by atoms with Gasteiger partial charge in [-0.05, 0) is 12.1 Å². The lowest BCUT2D eigenvalue weighted by molar-refractivity contribution is 0.0515. The van der Waals surface area contributed by atoms with Crippen LogP contribution in [0.25, 0.3) is 0 Å². The number of nitrogens with two attached hydrogens (primary N) is 1. The van der Waals surface area contributed by atoms with Gasteiger partial charge in [0.2, 0.25) is 0 Å². The van der Waals surface area contributed by atoms with E-state index in [-0.39, 0.29) is 12.6 Å². The van der Waals surface area contributed by atoms with Gasteiger partial charge in [-0.2, -0.15) is 0 Å². The lowest BCUT2D eigenvalue weighted by atomic mass is 10.2. The standard InChI is InChI=1S/C15H23N3O4/c1-21-13-4-2-3-5-14(13)22-11-12(19)10-17-6-8-18(9-7-17)15(16)20/h2-5,12,19H,6-11H2,1H3,(H2,16,20). The Morgan fingerprint density at radius 3 is 2.50 bits per heavy atom. The van der Waals surface area contributed by atoms with Crippen molar-refractivity contribution in [3.8, 4) is 11.5 Å². The van der Waals surface area contributed by atoms with Crippen LogP contribution in [-0.4, -0.2) is 73.5 Å². The Morgan fingerprint density at radius 2 is 1.91 bits per heavy atom. The second kappa shape index (κ2) is 7.86. The van der Waals surface area contributed by atoms with Gasteiger partial charge in [0, 0.05) is 32.7 Å². The number of carbonyl (C=O) groups is 1. The number of rotatable bonds is 6. The van der Waals surface area contributed by atoms with Gasteiger partial charge in [0.15, 0.2) is 11.5 Å². The molecular formula is C15H23N3O4. The molecule has 1 aliphatic heterocycles. The molecule has 0 aromatic heterocycles. The van der Waals surface area contributed by atoms with Gasteiger partial charge in [0.1, 0.15) is 12.7 Å². The average Bonchev–Trinajstić information content (AvgIpc) is 2.53. The van der Waals surface area contributed by atoms with Crippen molar-refractivity contribution >= 4 is 6.03 Å². The Morgan fingerprint density at radius 1 is 1.27 bits per heavy atom. The Balaban J connectivity index is 1.74. The van der Waals surface area contributed by atoms with Crippen molar-refractivity contribution in [2.24, 2.45) is 5.73 Å². The molecule has 1 heterocycles. The molecule has 1 saturated heterocycles. The van der Waals surface area contributed by atoms with Gasteiger partial charge >= 0.3 is 6.03 Å². The minimum absolute atomic E-state index is 0.191. The molecule has 7 heteroatoms. The molecule has 0 saturated carbocycles. The monoisotopic (exact) mass is 309 g/mol. The fourth-order valence-electron chi connectivity index (χ4n) is 2.43. The zero-order valence-electron chi connectivity index (χ0n) is 12.8. The van der Waals surface area contributed by atoms with E-state index in [2.05, 4.69) is 4.90 Å². The van der Waals surface area contributed by atoms with Crippen LogP contribution < -0.4 is 15.2 Å². The van der Waals surface area contributed by atoms with Gasteiger partial charge in [-0.1, -0.05) is 12.1 Å². The molecule has 1 atom stereocenters. The number of methoxy groups -OCH3 is 1. The SMILES string of the molecule is COc1ccccc1OCC(O)CN1CCN(C(N)=O)CC1. The van der Waals surface area contributed by atoms with E-state index in [9.17, 15) is 9.90 Å². The summed E-state index contributed by atoms with van der Waals surface area (Å²) in [6.07, 6.45) is -0.606. The van der Waals surface area contributed by atoms with E-state index in [0.29, 0.717) is 44.2 Å². The second-order valence-corrected chi connectivity index (χ2v) is 5.24. The molecule has 2 rings (SSSR count). The summed E-state index contributed by atoms with van der Waals surface area (Å²) in [5.74, 6) is 1.26. The van der Waals surface area contributed by atoms with Gasteiger partial charge in [-0.3, -0.25) is 4.90 Å². The summed E-state index contributed by atoms with van der Waals surface area (Å²) < 4.78 is 10.8. The number of primary amides is 1. The van der Waals surface area contributed by atoms with Gasteiger partial charge < -0.3 is 25.2 Å². The molecule has 2 amide bonds. The number of aliphatic hydroxyl groups excluding tert-OH is 1. The van der Waals surface area contributed by atoms with Gasteiger partial charge in [0.05, 0.1) is 7.11 Å². The Hall–Kier alpha value is -1.99. The number of urea groups is 1. The van der Waals surface area contributed by atoms with E-state index in [1.807, 2.05) is 18.2 Å². The molecule has 1 aromatic rings. The van der Waals surface area contributed by atoms with Crippen LogP contribution in [0.3, 0.4) is 0 Å². The predicted molar refractivity (Wildman–Crippen MR) is 82.1 cm³/mol. The maximum atomic E-state index is 11.1. The third-order valence-corrected chi connectivity index (χ3v) is 3.65. The van der Waals surface area contributed by atoms with E-state index in [4.69, 9.17) is 15.2 Å². The highest BCUT2D eigenvalue weighted by Crippen LogP contribution is 2.25. The fourth-order valence-corrected chi connectivity index (χ4v) is 2.43. The minimum atomic E-state index is -0.606. The number of β-amino-alcohol motifs (C(OH)–C–C–N with tert-alkyl or cyclic N) is 1. The number of hydrogen-bond donors (Lipinski definition) is 2. The molecule has 0 aliphatic carbocycles. The van der Waals surface area contributed by atoms with Crippen molar-refractivity contribution in [2.45, 2.75) is 6.10 Å². The van der Waals surface area contributed by atoms with Gasteiger partial charge in [-0.25, -0.2) is 4.79 Å². The summed E-state index contributed by atoms with van der Waals surface area (Å²) in [4.78, 5) is 14.7. The first-order valence-electron chi connectivity index (χ1n) is 7.30. The smallest absolute Gasteiger partial charge is 0.314 e. The quantitative estimate of drug-likeness (QED) is 0.780. The Bertz CT molecular complexity index is 489. The first-order valence-corrected chi connectivity index (χ1v) is 7.30. The summed E-state index contributed by atoms with van der Waals surface area (Å²) in [6, 6.07) is 6.94. The zero-order chi connectivity index (χ0) is 15.9. The van der Waals surface area contributed by atoms with Crippen LogP contribution in [0.1, 0.15) is 0 Å². The number of carbonyl (C=O) groups excluding carboxylic acids is 1. The van der Waals surface area contributed by atoms with E-state index in [1.54, 1.807) is 18.1 Å². The number of nitrogens with zero attached hydrogens (tertiary/aromatic N) is 2. The minimum Gasteiger partial charge on any atom is -0.493 e. The van der Waals surface area contributed by atoms with E-state index >= 15 is 0 Å². The van der Waals surface area contributed by atoms with Crippen LogP contribution in [-0.2, 0) is 0 Å². The highest BCUT2D eigenvalue weighted by molar-refractivity contribution is 5.72. The largest absolute Gasteiger partial charge is 0.493 e. The number of hydrogen-bond acceptors (Lipinski definition) is 5. The van der Waals surface area contributed by atoms with Crippen LogP contribution in [0.2, 0.25) is 0 Å². The van der Waals surface area contributed by atoms with Crippen LogP contribution in [0.5, 0.6) is 11.5 Å². The van der Waals surface area contributed by atoms with E-state index < -0.39 is 6.10 Å². The third-order valence-electron chi connectivity index (χ3n) is 3.65. The molecule has 7 nitrogen and oxygen atoms in total. The van der Waals surface area contributed by atoms with Crippen molar-refractivity contribution < 1.29 is 19.4 Å². The van der Waals surface area contributed by atoms with Crippen molar-refractivity contribution in [1.82, 2.24) is 9.80 Å². The molecule has 1 aromatic carbocycles. The topological polar surface area (TPSA) is 88.3 Å². The molecule has 1 aliphatic rings. The molecular weight excluding hydrogens is 286 g/mol. The highest BCUT2D eigenvalue weighted by Gasteiger charge is 2.21. The van der Waals surface area contributed by atoms with Crippen molar-refractivity contribution in [3.63, 3.8) is 0 Å². The Kier molecular flexibility index (Phi) is 5.85. The van der Waals surface area contributed by atoms with Crippen molar-refractivity contribution in [1.29, 1.82) is 0 Å². The molecule has 1 fully saturated rings. The van der Waals surface area contributed by atoms with Gasteiger partial charge in [-0.15, -0.1) is 0 Å². The number of piperazine rings is 1. The van der Waals surface area contributed by atoms with E-state index in [0.717, 1.165) is 0 Å². The molecule has 122 valence electrons. The Labute approximate surface area is 130 Å². The van der Waals surface area contributed by atoms with Gasteiger partial charge in [0.25, 0.3) is 0 Å². The number of aliphatic hydroxyl groups is 1. The molecule has 0 bridgehead atoms. The normalized spacial score (nSPS) is 17.1. The molecule has 1 unspecified atom stereocenters. The summed E-state index contributed by atoms with van der Waals surface area (Å²) >= 11 is 0. The first-order chi connectivity index (χ1) is 10.6. The second-order valence-electron chi connectivity index (χ2n) is 5.24. The average molecular weight is 309 g/mol. The van der Waals surface area contributed by atoms with Crippen LogP contribution in [0.4, 0.5) is 4.79 Å². The molecule has 0 radical (unpaired) electrons. The summed E-state index contributed by atoms with van der Waals surface area (Å²) in [6.45, 7) is 3.28. The maximum Gasteiger partial charge on any atom is 0.314 e. The lowest BCUT2D eigenvalue weighted by Gasteiger charge is -2.34. The molecule has 3 N–H and O–H groups in total. The number of para-hydroxylation sites is 2. The summed E-state index contributed by atoms with van der Waals surface area (Å²) in [7, 11) is 1.58. The predicted octanol–water partition coefficient (Wildman–Crippen LogP) is 0.131. The molecule has 22 heavy (non-hydrogen) atoms.